The normalized spacial score (nSPS) is 9.92. The van der Waals surface area contributed by atoms with Gasteiger partial charge in [0, 0.05) is 12.4 Å². The van der Waals surface area contributed by atoms with E-state index in [2.05, 4.69) is 18.8 Å². The first-order valence-corrected chi connectivity index (χ1v) is 8.84. The van der Waals surface area contributed by atoms with E-state index >= 15 is 0 Å². The summed E-state index contributed by atoms with van der Waals surface area (Å²) in [5.74, 6) is -0.510. The van der Waals surface area contributed by atoms with Crippen molar-refractivity contribution in [1.82, 2.24) is 4.98 Å². The molecule has 0 aliphatic rings. The number of benzene rings is 1. The van der Waals surface area contributed by atoms with Gasteiger partial charge in [0.25, 0.3) is 0 Å². The van der Waals surface area contributed by atoms with E-state index in [1.165, 1.54) is 11.8 Å². The third kappa shape index (κ3) is 6.31. The number of rotatable bonds is 6. The maximum Gasteiger partial charge on any atom is 0.339 e. The Morgan fingerprint density at radius 3 is 2.12 bits per heavy atom. The quantitative estimate of drug-likeness (QED) is 0.560. The van der Waals surface area contributed by atoms with Crippen LogP contribution in [-0.2, 0) is 9.47 Å². The van der Waals surface area contributed by atoms with Gasteiger partial charge in [0.1, 0.15) is 13.2 Å². The molecule has 5 nitrogen and oxygen atoms in total. The van der Waals surface area contributed by atoms with Gasteiger partial charge in [-0.3, -0.25) is 4.98 Å². The summed E-state index contributed by atoms with van der Waals surface area (Å²) >= 11 is 0. The van der Waals surface area contributed by atoms with Crippen LogP contribution in [0.3, 0.4) is 0 Å². The second-order valence-electron chi connectivity index (χ2n) is 5.74. The Hall–Kier alpha value is -2.69. The largest absolute Gasteiger partial charge is 0.458 e. The Labute approximate surface area is 155 Å². The fourth-order valence-corrected chi connectivity index (χ4v) is 2.37. The summed E-state index contributed by atoms with van der Waals surface area (Å²) < 4.78 is 10.2. The predicted molar refractivity (Wildman–Crippen MR) is 101 cm³/mol. The highest BCUT2D eigenvalue weighted by Crippen LogP contribution is 2.20. The van der Waals surface area contributed by atoms with Crippen molar-refractivity contribution < 1.29 is 19.1 Å². The first-order valence-electron chi connectivity index (χ1n) is 8.84. The summed E-state index contributed by atoms with van der Waals surface area (Å²) in [5.41, 5.74) is 3.12. The van der Waals surface area contributed by atoms with Crippen molar-refractivity contribution in [2.75, 3.05) is 13.2 Å². The first-order chi connectivity index (χ1) is 12.5. The van der Waals surface area contributed by atoms with Gasteiger partial charge in [-0.1, -0.05) is 33.8 Å². The highest BCUT2D eigenvalue weighted by Gasteiger charge is 2.11. The van der Waals surface area contributed by atoms with Gasteiger partial charge in [-0.2, -0.15) is 0 Å². The van der Waals surface area contributed by atoms with Gasteiger partial charge in [-0.25, -0.2) is 9.59 Å². The average Bonchev–Trinajstić information content (AvgIpc) is 2.66. The lowest BCUT2D eigenvalue weighted by Gasteiger charge is -2.11. The molecule has 5 heteroatoms. The van der Waals surface area contributed by atoms with Crippen LogP contribution in [0.25, 0.3) is 0 Å². The molecule has 0 saturated carbocycles. The smallest absolute Gasteiger partial charge is 0.339 e. The lowest BCUT2D eigenvalue weighted by Crippen LogP contribution is -2.14. The van der Waals surface area contributed by atoms with Crippen molar-refractivity contribution in [3.05, 3.63) is 65.0 Å². The van der Waals surface area contributed by atoms with Gasteiger partial charge in [0.15, 0.2) is 0 Å². The molecule has 26 heavy (non-hydrogen) atoms. The van der Waals surface area contributed by atoms with Crippen molar-refractivity contribution in [1.29, 1.82) is 0 Å². The molecule has 0 amide bonds. The van der Waals surface area contributed by atoms with Crippen LogP contribution in [0.1, 0.15) is 65.5 Å². The number of hydrogen-bond acceptors (Lipinski definition) is 5. The van der Waals surface area contributed by atoms with Gasteiger partial charge >= 0.3 is 11.9 Å². The molecule has 0 unspecified atom stereocenters. The Balaban J connectivity index is 0.00000163. The lowest BCUT2D eigenvalue weighted by atomic mass is 9.96. The molecule has 0 aliphatic carbocycles. The number of esters is 2. The number of carbonyl (C=O) groups excluding carboxylic acids is 2. The Bertz CT molecular complexity index is 711. The zero-order valence-electron chi connectivity index (χ0n) is 16.1. The molecule has 140 valence electrons. The number of ether oxygens (including phenoxy) is 2. The molecule has 0 aliphatic heterocycles. The molecule has 0 spiro atoms. The van der Waals surface area contributed by atoms with E-state index in [1.807, 2.05) is 32.9 Å². The zero-order chi connectivity index (χ0) is 19.5. The Morgan fingerprint density at radius 2 is 1.62 bits per heavy atom. The molecule has 0 fully saturated rings. The van der Waals surface area contributed by atoms with Gasteiger partial charge in [0.2, 0.25) is 0 Å². The number of nitrogens with zero attached hydrogens (tertiary/aromatic N) is 1. The van der Waals surface area contributed by atoms with Crippen LogP contribution < -0.4 is 0 Å². The molecular formula is C21H27NO4. The molecule has 2 rings (SSSR count). The summed E-state index contributed by atoms with van der Waals surface area (Å²) in [7, 11) is 0. The van der Waals surface area contributed by atoms with Crippen LogP contribution in [0.4, 0.5) is 0 Å². The van der Waals surface area contributed by atoms with E-state index in [0.29, 0.717) is 17.0 Å². The molecule has 0 bridgehead atoms. The summed E-state index contributed by atoms with van der Waals surface area (Å²) in [6, 6.07) is 8.78. The molecule has 0 atom stereocenters. The Morgan fingerprint density at radius 1 is 1.00 bits per heavy atom. The highest BCUT2D eigenvalue weighted by atomic mass is 16.6. The van der Waals surface area contributed by atoms with Crippen LogP contribution in [-0.4, -0.2) is 30.1 Å². The molecule has 2 aromatic rings. The minimum absolute atomic E-state index is 0.00251. The molecule has 1 aromatic heterocycles. The number of carbonyl (C=O) groups is 2. The molecule has 0 radical (unpaired) electrons. The average molecular weight is 357 g/mol. The van der Waals surface area contributed by atoms with E-state index in [1.54, 1.807) is 24.4 Å². The third-order valence-electron chi connectivity index (χ3n) is 3.57. The van der Waals surface area contributed by atoms with Crippen molar-refractivity contribution in [3.63, 3.8) is 0 Å². The Kier molecular flexibility index (Phi) is 9.06. The van der Waals surface area contributed by atoms with Crippen LogP contribution >= 0.6 is 0 Å². The fourth-order valence-electron chi connectivity index (χ4n) is 2.37. The number of aromatic nitrogens is 1. The summed E-state index contributed by atoms with van der Waals surface area (Å²) in [5, 5.41) is 0. The van der Waals surface area contributed by atoms with Gasteiger partial charge < -0.3 is 9.47 Å². The fraction of sp³-hybridized carbons (Fsp3) is 0.381. The highest BCUT2D eigenvalue weighted by molar-refractivity contribution is 5.90. The molecule has 1 heterocycles. The van der Waals surface area contributed by atoms with E-state index in [4.69, 9.17) is 9.47 Å². The number of aryl methyl sites for hydroxylation is 1. The molecule has 0 saturated heterocycles. The van der Waals surface area contributed by atoms with Crippen molar-refractivity contribution >= 4 is 11.9 Å². The second-order valence-corrected chi connectivity index (χ2v) is 5.74. The number of hydrogen-bond donors (Lipinski definition) is 0. The maximum absolute atomic E-state index is 12.0. The van der Waals surface area contributed by atoms with Crippen molar-refractivity contribution in [3.8, 4) is 0 Å². The summed E-state index contributed by atoms with van der Waals surface area (Å²) in [4.78, 5) is 27.6. The van der Waals surface area contributed by atoms with Crippen LogP contribution in [0.2, 0.25) is 0 Å². The van der Waals surface area contributed by atoms with Crippen LogP contribution in [0.15, 0.2) is 42.7 Å². The minimum atomic E-state index is -0.490. The lowest BCUT2D eigenvalue weighted by molar-refractivity contribution is 0.0265. The molecule has 1 aromatic carbocycles. The minimum Gasteiger partial charge on any atom is -0.458 e. The topological polar surface area (TPSA) is 65.5 Å². The standard InChI is InChI=1S/C19H21NO4.C2H6/c1-13(2)17-7-6-15(11-14(17)3)18(21)23-9-10-24-19(22)16-5-4-8-20-12-16;1-2/h4-8,11-13H,9-10H2,1-3H3;1-2H3. The van der Waals surface area contributed by atoms with Crippen LogP contribution in [0.5, 0.6) is 0 Å². The van der Waals surface area contributed by atoms with E-state index in [0.717, 1.165) is 5.56 Å². The summed E-state index contributed by atoms with van der Waals surface area (Å²) in [6.45, 7) is 10.2. The van der Waals surface area contributed by atoms with E-state index in [-0.39, 0.29) is 13.2 Å². The zero-order valence-corrected chi connectivity index (χ0v) is 16.1. The van der Waals surface area contributed by atoms with E-state index in [9.17, 15) is 9.59 Å². The molecular weight excluding hydrogens is 330 g/mol. The first kappa shape index (κ1) is 21.4. The van der Waals surface area contributed by atoms with Crippen LogP contribution in [0, 0.1) is 6.92 Å². The van der Waals surface area contributed by atoms with Crippen molar-refractivity contribution in [2.45, 2.75) is 40.5 Å². The maximum atomic E-state index is 12.0. The number of pyridine rings is 1. The third-order valence-corrected chi connectivity index (χ3v) is 3.57. The van der Waals surface area contributed by atoms with E-state index < -0.39 is 11.9 Å². The SMILES string of the molecule is CC.Cc1cc(C(=O)OCCOC(=O)c2cccnc2)ccc1C(C)C. The molecule has 0 N–H and O–H groups in total. The van der Waals surface area contributed by atoms with Gasteiger partial charge in [-0.15, -0.1) is 0 Å². The summed E-state index contributed by atoms with van der Waals surface area (Å²) in [6.07, 6.45) is 3.00. The van der Waals surface area contributed by atoms with Crippen molar-refractivity contribution in [2.24, 2.45) is 0 Å². The monoisotopic (exact) mass is 357 g/mol. The van der Waals surface area contributed by atoms with Gasteiger partial charge in [0.05, 0.1) is 11.1 Å². The predicted octanol–water partition coefficient (Wildman–Crippen LogP) is 4.55. The second kappa shape index (κ2) is 11.0. The van der Waals surface area contributed by atoms with Gasteiger partial charge in [-0.05, 0) is 48.2 Å².